The number of carbonyl (C=O) groups excluding carboxylic acids is 1. The molecule has 31 heavy (non-hydrogen) atoms. The van der Waals surface area contributed by atoms with E-state index in [-0.39, 0.29) is 18.4 Å². The molecule has 1 saturated heterocycles. The van der Waals surface area contributed by atoms with E-state index in [4.69, 9.17) is 4.52 Å². The number of nitrogens with one attached hydrogen (secondary N) is 1. The summed E-state index contributed by atoms with van der Waals surface area (Å²) in [5.41, 5.74) is 2.19. The van der Waals surface area contributed by atoms with Crippen LogP contribution >= 0.6 is 0 Å². The van der Waals surface area contributed by atoms with Crippen LogP contribution in [0.25, 0.3) is 10.9 Å². The van der Waals surface area contributed by atoms with E-state index in [1.165, 1.54) is 10.6 Å². The first-order valence-corrected chi connectivity index (χ1v) is 12.2. The van der Waals surface area contributed by atoms with Crippen LogP contribution < -0.4 is 0 Å². The maximum atomic E-state index is 12.6. The average Bonchev–Trinajstić information content (AvgIpc) is 3.38. The number of nitrogens with zero attached hydrogens (tertiary/aromatic N) is 4. The molecule has 0 bridgehead atoms. The van der Waals surface area contributed by atoms with E-state index in [0.29, 0.717) is 50.5 Å². The van der Waals surface area contributed by atoms with Gasteiger partial charge >= 0.3 is 0 Å². The van der Waals surface area contributed by atoms with Crippen molar-refractivity contribution in [2.75, 3.05) is 26.4 Å². The van der Waals surface area contributed by atoms with Crippen LogP contribution in [0.1, 0.15) is 42.5 Å². The number of piperidine rings is 1. The van der Waals surface area contributed by atoms with Gasteiger partial charge in [0.15, 0.2) is 5.82 Å². The van der Waals surface area contributed by atoms with E-state index in [9.17, 15) is 13.2 Å². The van der Waals surface area contributed by atoms with Gasteiger partial charge in [0.1, 0.15) is 0 Å². The zero-order valence-corrected chi connectivity index (χ0v) is 18.6. The average molecular weight is 446 g/mol. The minimum Gasteiger partial charge on any atom is -0.361 e. The normalized spacial score (nSPS) is 16.1. The number of para-hydroxylation sites is 1. The van der Waals surface area contributed by atoms with E-state index in [2.05, 4.69) is 21.2 Å². The van der Waals surface area contributed by atoms with Crippen LogP contribution in [0, 0.1) is 0 Å². The molecule has 1 fully saturated rings. The Balaban J connectivity index is 1.29. The molecule has 0 atom stereocenters. The fourth-order valence-corrected chi connectivity index (χ4v) is 4.88. The summed E-state index contributed by atoms with van der Waals surface area (Å²) in [4.78, 5) is 21.9. The number of hydrogen-bond donors (Lipinski definition) is 1. The Morgan fingerprint density at radius 1 is 1.29 bits per heavy atom. The highest BCUT2D eigenvalue weighted by molar-refractivity contribution is 7.88. The summed E-state index contributed by atoms with van der Waals surface area (Å²) < 4.78 is 30.1. The number of aromatic nitrogens is 3. The van der Waals surface area contributed by atoms with Crippen molar-refractivity contribution in [2.45, 2.75) is 38.1 Å². The van der Waals surface area contributed by atoms with Crippen LogP contribution in [0.5, 0.6) is 0 Å². The summed E-state index contributed by atoms with van der Waals surface area (Å²) >= 11 is 0. The molecule has 3 heterocycles. The Kier molecular flexibility index (Phi) is 6.10. The van der Waals surface area contributed by atoms with Crippen LogP contribution in [-0.4, -0.2) is 65.0 Å². The number of rotatable bonds is 7. The highest BCUT2D eigenvalue weighted by Crippen LogP contribution is 2.27. The zero-order chi connectivity index (χ0) is 22.0. The van der Waals surface area contributed by atoms with Crippen molar-refractivity contribution in [3.8, 4) is 0 Å². The number of carbonyl (C=O) groups is 1. The van der Waals surface area contributed by atoms with Gasteiger partial charge in [0, 0.05) is 49.6 Å². The predicted molar refractivity (Wildman–Crippen MR) is 116 cm³/mol. The lowest BCUT2D eigenvalue weighted by Gasteiger charge is -2.28. The first kappa shape index (κ1) is 21.5. The number of benzene rings is 1. The SMILES string of the molecule is CN(Cc1nc(C2CCN(S(C)(=O)=O)CC2)no1)C(=O)CCc1c[nH]c2ccccc12. The number of fused-ring (bicyclic) bond motifs is 1. The first-order valence-electron chi connectivity index (χ1n) is 10.4. The van der Waals surface area contributed by atoms with Gasteiger partial charge in [-0.3, -0.25) is 4.79 Å². The highest BCUT2D eigenvalue weighted by Gasteiger charge is 2.28. The Morgan fingerprint density at radius 3 is 2.77 bits per heavy atom. The van der Waals surface area contributed by atoms with Gasteiger partial charge in [0.25, 0.3) is 0 Å². The lowest BCUT2D eigenvalue weighted by atomic mass is 9.98. The second-order valence-corrected chi connectivity index (χ2v) is 10.1. The smallest absolute Gasteiger partial charge is 0.246 e. The van der Waals surface area contributed by atoms with Gasteiger partial charge in [-0.1, -0.05) is 23.4 Å². The third kappa shape index (κ3) is 4.96. The molecule has 1 aliphatic rings. The van der Waals surface area contributed by atoms with Gasteiger partial charge in [-0.15, -0.1) is 0 Å². The molecule has 3 aromatic rings. The standard InChI is InChI=1S/C21H27N5O4S/c1-25(20(27)8-7-16-13-22-18-6-4-3-5-17(16)18)14-19-23-21(24-30-19)15-9-11-26(12-10-15)31(2,28)29/h3-6,13,15,22H,7-12,14H2,1-2H3. The Labute approximate surface area is 181 Å². The maximum Gasteiger partial charge on any atom is 0.246 e. The Bertz CT molecular complexity index is 1160. The number of aromatic amines is 1. The van der Waals surface area contributed by atoms with Crippen molar-refractivity contribution in [3.05, 3.63) is 47.7 Å². The van der Waals surface area contributed by atoms with E-state index in [0.717, 1.165) is 16.5 Å². The van der Waals surface area contributed by atoms with E-state index in [1.807, 2.05) is 24.4 Å². The van der Waals surface area contributed by atoms with Crippen molar-refractivity contribution in [1.29, 1.82) is 0 Å². The Morgan fingerprint density at radius 2 is 2.03 bits per heavy atom. The van der Waals surface area contributed by atoms with Gasteiger partial charge < -0.3 is 14.4 Å². The molecule has 1 N–H and O–H groups in total. The quantitative estimate of drug-likeness (QED) is 0.597. The topological polar surface area (TPSA) is 112 Å². The number of aryl methyl sites for hydroxylation is 1. The second-order valence-electron chi connectivity index (χ2n) is 8.09. The summed E-state index contributed by atoms with van der Waals surface area (Å²) in [6.07, 6.45) is 5.55. The molecular weight excluding hydrogens is 418 g/mol. The maximum absolute atomic E-state index is 12.6. The van der Waals surface area contributed by atoms with Crippen molar-refractivity contribution in [2.24, 2.45) is 0 Å². The fraction of sp³-hybridized carbons (Fsp3) is 0.476. The summed E-state index contributed by atoms with van der Waals surface area (Å²) in [5.74, 6) is 1.05. The molecule has 4 rings (SSSR count). The Hall–Kier alpha value is -2.72. The van der Waals surface area contributed by atoms with Crippen molar-refractivity contribution < 1.29 is 17.7 Å². The number of sulfonamides is 1. The lowest BCUT2D eigenvalue weighted by Crippen LogP contribution is -2.37. The second kappa shape index (κ2) is 8.80. The van der Waals surface area contributed by atoms with E-state index < -0.39 is 10.0 Å². The van der Waals surface area contributed by atoms with Crippen molar-refractivity contribution >= 4 is 26.8 Å². The molecule has 0 radical (unpaired) electrons. The monoisotopic (exact) mass is 445 g/mol. The molecule has 0 spiro atoms. The largest absolute Gasteiger partial charge is 0.361 e. The molecule has 166 valence electrons. The van der Waals surface area contributed by atoms with Gasteiger partial charge in [-0.05, 0) is 30.9 Å². The minimum absolute atomic E-state index is 0.00601. The number of hydrogen-bond acceptors (Lipinski definition) is 6. The van der Waals surface area contributed by atoms with Gasteiger partial charge in [0.05, 0.1) is 12.8 Å². The van der Waals surface area contributed by atoms with Crippen LogP contribution in [-0.2, 0) is 27.8 Å². The van der Waals surface area contributed by atoms with Crippen molar-refractivity contribution in [3.63, 3.8) is 0 Å². The van der Waals surface area contributed by atoms with Gasteiger partial charge in [0.2, 0.25) is 21.8 Å². The lowest BCUT2D eigenvalue weighted by molar-refractivity contribution is -0.130. The van der Waals surface area contributed by atoms with Crippen molar-refractivity contribution in [1.82, 2.24) is 24.3 Å². The third-order valence-electron chi connectivity index (χ3n) is 5.85. The van der Waals surface area contributed by atoms with Gasteiger partial charge in [-0.25, -0.2) is 12.7 Å². The summed E-state index contributed by atoms with van der Waals surface area (Å²) in [7, 11) is -1.43. The van der Waals surface area contributed by atoms with E-state index in [1.54, 1.807) is 11.9 Å². The van der Waals surface area contributed by atoms with Crippen LogP contribution in [0.4, 0.5) is 0 Å². The van der Waals surface area contributed by atoms with E-state index >= 15 is 0 Å². The fourth-order valence-electron chi connectivity index (χ4n) is 4.01. The summed E-state index contributed by atoms with van der Waals surface area (Å²) in [6, 6.07) is 8.04. The predicted octanol–water partition coefficient (Wildman–Crippen LogP) is 2.28. The summed E-state index contributed by atoms with van der Waals surface area (Å²) in [5, 5.41) is 5.20. The zero-order valence-electron chi connectivity index (χ0n) is 17.7. The molecule has 1 amide bonds. The molecule has 1 aromatic carbocycles. The van der Waals surface area contributed by atoms with Crippen LogP contribution in [0.2, 0.25) is 0 Å². The summed E-state index contributed by atoms with van der Waals surface area (Å²) in [6.45, 7) is 1.17. The molecule has 1 aliphatic heterocycles. The number of H-pyrrole nitrogens is 1. The molecule has 0 saturated carbocycles. The van der Waals surface area contributed by atoms with Gasteiger partial charge in [-0.2, -0.15) is 4.98 Å². The molecule has 9 nitrogen and oxygen atoms in total. The highest BCUT2D eigenvalue weighted by atomic mass is 32.2. The molecule has 0 unspecified atom stereocenters. The van der Waals surface area contributed by atoms with Crippen LogP contribution in [0.3, 0.4) is 0 Å². The molecule has 10 heteroatoms. The number of amides is 1. The molecule has 2 aromatic heterocycles. The first-order chi connectivity index (χ1) is 14.8. The molecule has 0 aliphatic carbocycles. The minimum atomic E-state index is -3.16. The molecular formula is C21H27N5O4S. The third-order valence-corrected chi connectivity index (χ3v) is 7.16. The van der Waals surface area contributed by atoms with Crippen LogP contribution in [0.15, 0.2) is 35.0 Å².